The molecular weight excluding hydrogens is 461 g/mol. The maximum absolute atomic E-state index is 12.0. The van der Waals surface area contributed by atoms with Crippen LogP contribution in [0.25, 0.3) is 0 Å². The topological polar surface area (TPSA) is 105 Å². The van der Waals surface area contributed by atoms with Crippen molar-refractivity contribution in [1.29, 1.82) is 0 Å². The van der Waals surface area contributed by atoms with Gasteiger partial charge in [0.15, 0.2) is 0 Å². The number of hydrogen-bond donors (Lipinski definition) is 2. The van der Waals surface area contributed by atoms with Gasteiger partial charge in [0.1, 0.15) is 0 Å². The Labute approximate surface area is 190 Å². The van der Waals surface area contributed by atoms with Crippen molar-refractivity contribution in [2.45, 2.75) is 56.7 Å². The fourth-order valence-electron chi connectivity index (χ4n) is 3.61. The van der Waals surface area contributed by atoms with Crippen LogP contribution in [-0.4, -0.2) is 58.7 Å². The van der Waals surface area contributed by atoms with E-state index < -0.39 is 22.2 Å². The first kappa shape index (κ1) is 25.2. The molecule has 1 aliphatic heterocycles. The quantitative estimate of drug-likeness (QED) is 0.621. The molecule has 182 valence electrons. The normalized spacial score (nSPS) is 18.8. The molecule has 2 aromatic rings. The maximum atomic E-state index is 12.0. The van der Waals surface area contributed by atoms with Crippen molar-refractivity contribution >= 4 is 16.0 Å². The number of nitrogens with one attached hydrogen (secondary N) is 1. The molecule has 1 atom stereocenters. The number of carbonyl (C=O) groups is 1. The lowest BCUT2D eigenvalue weighted by Crippen LogP contribution is -2.39. The summed E-state index contributed by atoms with van der Waals surface area (Å²) in [6.07, 6.45) is -0.893. The summed E-state index contributed by atoms with van der Waals surface area (Å²) in [5, 5.41) is 11.4. The minimum atomic E-state index is -5.08. The maximum Gasteiger partial charge on any atom is 0.490 e. The van der Waals surface area contributed by atoms with Crippen molar-refractivity contribution < 1.29 is 31.5 Å². The van der Waals surface area contributed by atoms with Gasteiger partial charge in [-0.2, -0.15) is 18.3 Å². The van der Waals surface area contributed by atoms with E-state index >= 15 is 0 Å². The Morgan fingerprint density at radius 3 is 2.42 bits per heavy atom. The zero-order chi connectivity index (χ0) is 24.2. The molecule has 0 saturated heterocycles. The summed E-state index contributed by atoms with van der Waals surface area (Å²) in [6.45, 7) is 5.23. The third-order valence-corrected chi connectivity index (χ3v) is 7.42. The van der Waals surface area contributed by atoms with E-state index in [0.29, 0.717) is 6.54 Å². The van der Waals surface area contributed by atoms with Crippen molar-refractivity contribution in [3.63, 3.8) is 0 Å². The van der Waals surface area contributed by atoms with E-state index in [-0.39, 0.29) is 11.3 Å². The predicted octanol–water partition coefficient (Wildman–Crippen LogP) is 2.85. The number of carboxylic acid groups (broad SMARTS) is 1. The number of carboxylic acids is 1. The minimum Gasteiger partial charge on any atom is -0.475 e. The van der Waals surface area contributed by atoms with Gasteiger partial charge < -0.3 is 5.11 Å². The van der Waals surface area contributed by atoms with Gasteiger partial charge >= 0.3 is 12.1 Å². The second-order valence-corrected chi connectivity index (χ2v) is 10.4. The Bertz CT molecular complexity index is 1050. The molecule has 2 heterocycles. The van der Waals surface area contributed by atoms with Crippen LogP contribution in [0.1, 0.15) is 42.1 Å². The van der Waals surface area contributed by atoms with Gasteiger partial charge in [0.25, 0.3) is 0 Å². The number of sulfonamides is 1. The van der Waals surface area contributed by atoms with Gasteiger partial charge in [-0.25, -0.2) is 17.9 Å². The smallest absolute Gasteiger partial charge is 0.475 e. The standard InChI is InChI=1S/C19H26N4O2S.C2HF3O2/c1-15-2-4-16(5-3-15)12-22-13-17-8-10-20-23(17)18(14-22)9-11-21-26(24,25)19-6-7-19;3-2(4,5)1(6)7/h2-5,8,10,18-19,21H,6-7,9,11-14H2,1H3;(H,6,7). The second kappa shape index (κ2) is 10.2. The van der Waals surface area contributed by atoms with Gasteiger partial charge in [0.2, 0.25) is 10.0 Å². The Morgan fingerprint density at radius 1 is 1.21 bits per heavy atom. The fraction of sp³-hybridized carbons (Fsp3) is 0.524. The summed E-state index contributed by atoms with van der Waals surface area (Å²) in [5.74, 6) is -2.76. The van der Waals surface area contributed by atoms with Crippen LogP contribution < -0.4 is 4.72 Å². The van der Waals surface area contributed by atoms with Gasteiger partial charge in [-0.05, 0) is 37.8 Å². The zero-order valence-electron chi connectivity index (χ0n) is 18.1. The number of halogens is 3. The molecule has 1 aliphatic carbocycles. The van der Waals surface area contributed by atoms with Crippen molar-refractivity contribution in [1.82, 2.24) is 19.4 Å². The Kier molecular flexibility index (Phi) is 7.80. The van der Waals surface area contributed by atoms with E-state index in [1.54, 1.807) is 0 Å². The van der Waals surface area contributed by atoms with Crippen LogP contribution in [-0.2, 0) is 27.9 Å². The molecule has 0 bridgehead atoms. The lowest BCUT2D eigenvalue weighted by Gasteiger charge is -2.34. The fourth-order valence-corrected chi connectivity index (χ4v) is 5.01. The summed E-state index contributed by atoms with van der Waals surface area (Å²) in [6, 6.07) is 10.9. The third kappa shape index (κ3) is 7.27. The highest BCUT2D eigenvalue weighted by Gasteiger charge is 2.38. The predicted molar refractivity (Wildman–Crippen MR) is 115 cm³/mol. The van der Waals surface area contributed by atoms with Crippen molar-refractivity contribution in [3.8, 4) is 0 Å². The van der Waals surface area contributed by atoms with E-state index in [1.165, 1.54) is 16.8 Å². The molecule has 4 rings (SSSR count). The molecule has 1 aromatic heterocycles. The van der Waals surface area contributed by atoms with Crippen molar-refractivity contribution in [3.05, 3.63) is 53.3 Å². The Balaban J connectivity index is 0.000000383. The minimum absolute atomic E-state index is 0.160. The molecule has 12 heteroatoms. The van der Waals surface area contributed by atoms with Crippen molar-refractivity contribution in [2.75, 3.05) is 13.1 Å². The third-order valence-electron chi connectivity index (χ3n) is 5.47. The molecule has 0 radical (unpaired) electrons. The van der Waals surface area contributed by atoms with Gasteiger partial charge in [-0.15, -0.1) is 0 Å². The molecule has 33 heavy (non-hydrogen) atoms. The first-order chi connectivity index (χ1) is 15.5. The molecule has 0 spiro atoms. The highest BCUT2D eigenvalue weighted by molar-refractivity contribution is 7.90. The van der Waals surface area contributed by atoms with E-state index in [1.807, 2.05) is 6.20 Å². The van der Waals surface area contributed by atoms with Crippen LogP contribution in [0.2, 0.25) is 0 Å². The van der Waals surface area contributed by atoms with Gasteiger partial charge in [-0.3, -0.25) is 9.58 Å². The summed E-state index contributed by atoms with van der Waals surface area (Å²) in [7, 11) is -3.11. The molecule has 8 nitrogen and oxygen atoms in total. The largest absolute Gasteiger partial charge is 0.490 e. The van der Waals surface area contributed by atoms with Crippen LogP contribution in [0, 0.1) is 6.92 Å². The first-order valence-electron chi connectivity index (χ1n) is 10.5. The first-order valence-corrected chi connectivity index (χ1v) is 12.1. The Morgan fingerprint density at radius 2 is 1.85 bits per heavy atom. The summed E-state index contributed by atoms with van der Waals surface area (Å²) >= 11 is 0. The number of rotatable bonds is 7. The molecular formula is C21H27F3N4O4S. The number of alkyl halides is 3. The highest BCUT2D eigenvalue weighted by Crippen LogP contribution is 2.28. The van der Waals surface area contributed by atoms with E-state index in [9.17, 15) is 21.6 Å². The zero-order valence-corrected chi connectivity index (χ0v) is 18.9. The number of aromatic nitrogens is 2. The number of benzene rings is 1. The van der Waals surface area contributed by atoms with Crippen LogP contribution in [0.3, 0.4) is 0 Å². The number of aliphatic carboxylic acids is 1. The molecule has 1 fully saturated rings. The molecule has 0 amide bonds. The second-order valence-electron chi connectivity index (χ2n) is 8.31. The summed E-state index contributed by atoms with van der Waals surface area (Å²) in [4.78, 5) is 11.3. The van der Waals surface area contributed by atoms with Gasteiger partial charge in [0.05, 0.1) is 17.0 Å². The van der Waals surface area contributed by atoms with E-state index in [4.69, 9.17) is 9.90 Å². The molecule has 2 N–H and O–H groups in total. The van der Waals surface area contributed by atoms with Crippen LogP contribution in [0.4, 0.5) is 13.2 Å². The highest BCUT2D eigenvalue weighted by atomic mass is 32.2. The number of nitrogens with zero attached hydrogens (tertiary/aromatic N) is 3. The summed E-state index contributed by atoms with van der Waals surface area (Å²) in [5.41, 5.74) is 3.77. The molecule has 1 aromatic carbocycles. The van der Waals surface area contributed by atoms with Crippen LogP contribution in [0.5, 0.6) is 0 Å². The van der Waals surface area contributed by atoms with Gasteiger partial charge in [0, 0.05) is 32.4 Å². The number of hydrogen-bond acceptors (Lipinski definition) is 5. The van der Waals surface area contributed by atoms with Crippen LogP contribution >= 0.6 is 0 Å². The number of aryl methyl sites for hydroxylation is 1. The van der Waals surface area contributed by atoms with Crippen LogP contribution in [0.15, 0.2) is 36.5 Å². The average molecular weight is 489 g/mol. The monoisotopic (exact) mass is 488 g/mol. The lowest BCUT2D eigenvalue weighted by molar-refractivity contribution is -0.192. The molecule has 1 saturated carbocycles. The summed E-state index contributed by atoms with van der Waals surface area (Å²) < 4.78 is 60.6. The van der Waals surface area contributed by atoms with Crippen molar-refractivity contribution in [2.24, 2.45) is 0 Å². The Hall–Kier alpha value is -2.44. The van der Waals surface area contributed by atoms with E-state index in [2.05, 4.69) is 56.7 Å². The average Bonchev–Trinajstić information content (AvgIpc) is 3.49. The number of fused-ring (bicyclic) bond motifs is 1. The molecule has 2 aliphatic rings. The van der Waals surface area contributed by atoms with Gasteiger partial charge in [-0.1, -0.05) is 29.8 Å². The SMILES string of the molecule is Cc1ccc(CN2Cc3ccnn3C(CCNS(=O)(=O)C3CC3)C2)cc1.O=C(O)C(F)(F)F. The molecule has 1 unspecified atom stereocenters. The lowest BCUT2D eigenvalue weighted by atomic mass is 10.1. The van der Waals surface area contributed by atoms with E-state index in [0.717, 1.165) is 38.9 Å².